The molecule has 108 valence electrons. The molecule has 0 aliphatic rings. The third kappa shape index (κ3) is 16.8. The highest BCUT2D eigenvalue weighted by Crippen LogP contribution is 2.18. The summed E-state index contributed by atoms with van der Waals surface area (Å²) in [5.74, 6) is -0.981. The molecule has 0 aromatic carbocycles. The van der Waals surface area contributed by atoms with Crippen LogP contribution in [0.5, 0.6) is 0 Å². The molecule has 0 spiro atoms. The summed E-state index contributed by atoms with van der Waals surface area (Å²) in [7, 11) is 0. The Kier molecular flexibility index (Phi) is 16.1. The van der Waals surface area contributed by atoms with Gasteiger partial charge in [-0.3, -0.25) is 0 Å². The number of carbonyl (C=O) groups is 2. The van der Waals surface area contributed by atoms with Gasteiger partial charge < -0.3 is 30.6 Å². The van der Waals surface area contributed by atoms with Crippen LogP contribution in [0.4, 0.5) is 4.79 Å². The van der Waals surface area contributed by atoms with Crippen LogP contribution < -0.4 is 0 Å². The van der Waals surface area contributed by atoms with Crippen LogP contribution in [0.1, 0.15) is 13.3 Å². The van der Waals surface area contributed by atoms with Crippen LogP contribution in [-0.2, 0) is 4.79 Å². The molecule has 8 nitrogen and oxygen atoms in total. The summed E-state index contributed by atoms with van der Waals surface area (Å²) in [6.45, 7) is 4.31. The van der Waals surface area contributed by atoms with Crippen LogP contribution >= 0.6 is 0 Å². The second kappa shape index (κ2) is 13.4. The molecule has 0 aromatic rings. The van der Waals surface area contributed by atoms with Gasteiger partial charge in [-0.25, -0.2) is 9.59 Å². The van der Waals surface area contributed by atoms with E-state index in [4.69, 9.17) is 35.4 Å². The number of aliphatic carboxylic acids is 1. The molecule has 0 atom stereocenters. The molecule has 0 bridgehead atoms. The summed E-state index contributed by atoms with van der Waals surface area (Å²) in [6.07, 6.45) is -0.406. The first-order valence-corrected chi connectivity index (χ1v) is 4.85. The zero-order chi connectivity index (χ0) is 15.2. The van der Waals surface area contributed by atoms with E-state index in [0.717, 1.165) is 6.08 Å². The van der Waals surface area contributed by atoms with Gasteiger partial charge in [0.2, 0.25) is 0 Å². The molecule has 18 heavy (non-hydrogen) atoms. The monoisotopic (exact) mass is 268 g/mol. The number of aliphatic hydroxyl groups is 3. The van der Waals surface area contributed by atoms with Gasteiger partial charge in [0.05, 0.1) is 19.8 Å². The summed E-state index contributed by atoms with van der Waals surface area (Å²) >= 11 is 0. The average molecular weight is 268 g/mol. The molecule has 6 N–H and O–H groups in total. The average Bonchev–Trinajstić information content (AvgIpc) is 2.33. The van der Waals surface area contributed by atoms with Gasteiger partial charge in [-0.05, 0) is 6.42 Å². The van der Waals surface area contributed by atoms with Gasteiger partial charge in [-0.15, -0.1) is 0 Å². The number of carboxylic acids is 1. The maximum Gasteiger partial charge on any atom is 0.503 e. The van der Waals surface area contributed by atoms with E-state index in [1.54, 1.807) is 0 Å². The maximum atomic E-state index is 9.25. The molecule has 0 radical (unpaired) electrons. The zero-order valence-corrected chi connectivity index (χ0v) is 10.1. The molecule has 0 heterocycles. The molecule has 0 amide bonds. The lowest BCUT2D eigenvalue weighted by atomic mass is 9.88. The second-order valence-electron chi connectivity index (χ2n) is 3.15. The molecular formula is C10H20O8. The van der Waals surface area contributed by atoms with Crippen molar-refractivity contribution in [1.29, 1.82) is 0 Å². The first kappa shape index (κ1) is 21.6. The summed E-state index contributed by atoms with van der Waals surface area (Å²) in [4.78, 5) is 17.8. The Morgan fingerprint density at radius 1 is 1.06 bits per heavy atom. The lowest BCUT2D eigenvalue weighted by molar-refractivity contribution is -0.131. The van der Waals surface area contributed by atoms with Crippen LogP contribution in [0, 0.1) is 5.41 Å². The van der Waals surface area contributed by atoms with Crippen LogP contribution in [0.3, 0.4) is 0 Å². The second-order valence-corrected chi connectivity index (χ2v) is 3.15. The molecule has 0 aromatic heterocycles. The van der Waals surface area contributed by atoms with E-state index >= 15 is 0 Å². The SMILES string of the molecule is C=CC(=O)O.CCC(CO)(CO)CO.O=C(O)O. The van der Waals surface area contributed by atoms with E-state index in [0.29, 0.717) is 6.42 Å². The Balaban J connectivity index is -0.000000212. The molecule has 0 unspecified atom stereocenters. The first-order chi connectivity index (χ1) is 8.24. The van der Waals surface area contributed by atoms with E-state index in [1.807, 2.05) is 6.92 Å². The van der Waals surface area contributed by atoms with Crippen molar-refractivity contribution >= 4 is 12.1 Å². The zero-order valence-electron chi connectivity index (χ0n) is 10.1. The van der Waals surface area contributed by atoms with Crippen LogP contribution in [0.2, 0.25) is 0 Å². The third-order valence-electron chi connectivity index (χ3n) is 1.93. The topological polar surface area (TPSA) is 156 Å². The number of rotatable bonds is 5. The van der Waals surface area contributed by atoms with Crippen molar-refractivity contribution in [3.63, 3.8) is 0 Å². The Hall–Kier alpha value is -1.64. The van der Waals surface area contributed by atoms with Crippen molar-refractivity contribution in [2.24, 2.45) is 5.41 Å². The van der Waals surface area contributed by atoms with Crippen molar-refractivity contribution in [3.05, 3.63) is 12.7 Å². The van der Waals surface area contributed by atoms with Crippen molar-refractivity contribution in [1.82, 2.24) is 0 Å². The van der Waals surface area contributed by atoms with Crippen molar-refractivity contribution in [2.75, 3.05) is 19.8 Å². The van der Waals surface area contributed by atoms with Crippen LogP contribution in [0.25, 0.3) is 0 Å². The minimum atomic E-state index is -1.83. The van der Waals surface area contributed by atoms with Crippen molar-refractivity contribution in [2.45, 2.75) is 13.3 Å². The lowest BCUT2D eigenvalue weighted by Gasteiger charge is -2.24. The van der Waals surface area contributed by atoms with Crippen LogP contribution in [-0.4, -0.2) is 62.6 Å². The number of carboxylic acid groups (broad SMARTS) is 3. The molecule has 0 aliphatic heterocycles. The van der Waals surface area contributed by atoms with Gasteiger partial charge in [0.15, 0.2) is 0 Å². The van der Waals surface area contributed by atoms with E-state index in [1.165, 1.54) is 0 Å². The fourth-order valence-corrected chi connectivity index (χ4v) is 0.485. The summed E-state index contributed by atoms with van der Waals surface area (Å²) in [6, 6.07) is 0. The van der Waals surface area contributed by atoms with Gasteiger partial charge in [0, 0.05) is 11.5 Å². The number of aliphatic hydroxyl groups excluding tert-OH is 3. The quantitative estimate of drug-likeness (QED) is 0.375. The molecule has 0 aliphatic carbocycles. The summed E-state index contributed by atoms with van der Waals surface area (Å²) in [5, 5.41) is 47.5. The lowest BCUT2D eigenvalue weighted by Crippen LogP contribution is -2.32. The van der Waals surface area contributed by atoms with Gasteiger partial charge >= 0.3 is 12.1 Å². The van der Waals surface area contributed by atoms with Gasteiger partial charge in [-0.1, -0.05) is 13.5 Å². The maximum absolute atomic E-state index is 9.25. The van der Waals surface area contributed by atoms with E-state index < -0.39 is 17.5 Å². The van der Waals surface area contributed by atoms with Gasteiger partial charge in [-0.2, -0.15) is 0 Å². The third-order valence-corrected chi connectivity index (χ3v) is 1.93. The van der Waals surface area contributed by atoms with E-state index in [-0.39, 0.29) is 19.8 Å². The van der Waals surface area contributed by atoms with Gasteiger partial charge in [0.1, 0.15) is 0 Å². The number of hydrogen-bond donors (Lipinski definition) is 6. The molecular weight excluding hydrogens is 248 g/mol. The molecule has 0 saturated heterocycles. The highest BCUT2D eigenvalue weighted by atomic mass is 16.6. The molecule has 0 rings (SSSR count). The Labute approximate surface area is 104 Å². The summed E-state index contributed by atoms with van der Waals surface area (Å²) in [5.41, 5.74) is -0.667. The largest absolute Gasteiger partial charge is 0.503 e. The predicted octanol–water partition coefficient (Wildman–Crippen LogP) is -0.161. The van der Waals surface area contributed by atoms with E-state index in [2.05, 4.69) is 6.58 Å². The fourth-order valence-electron chi connectivity index (χ4n) is 0.485. The first-order valence-electron chi connectivity index (χ1n) is 4.85. The minimum absolute atomic E-state index is 0.156. The highest BCUT2D eigenvalue weighted by molar-refractivity contribution is 5.78. The van der Waals surface area contributed by atoms with Crippen molar-refractivity contribution < 1.29 is 40.2 Å². The Morgan fingerprint density at radius 2 is 1.28 bits per heavy atom. The normalized spacial score (nSPS) is 9.11. The molecule has 0 fully saturated rings. The Bertz CT molecular complexity index is 213. The fraction of sp³-hybridized carbons (Fsp3) is 0.600. The van der Waals surface area contributed by atoms with Gasteiger partial charge in [0.25, 0.3) is 0 Å². The standard InChI is InChI=1S/C6H14O3.C3H4O2.CH2O3/c1-2-6(3-7,4-8)5-9;1-2-3(4)5;2-1(3)4/h7-9H,2-5H2,1H3;2H,1H2,(H,4,5);(H2,2,3,4). The summed E-state index contributed by atoms with van der Waals surface area (Å²) < 4.78 is 0. The minimum Gasteiger partial charge on any atom is -0.478 e. The smallest absolute Gasteiger partial charge is 0.478 e. The van der Waals surface area contributed by atoms with Crippen LogP contribution in [0.15, 0.2) is 12.7 Å². The van der Waals surface area contributed by atoms with E-state index in [9.17, 15) is 4.79 Å². The number of hydrogen-bond acceptors (Lipinski definition) is 5. The highest BCUT2D eigenvalue weighted by Gasteiger charge is 2.24. The van der Waals surface area contributed by atoms with Crippen molar-refractivity contribution in [3.8, 4) is 0 Å². The predicted molar refractivity (Wildman–Crippen MR) is 62.5 cm³/mol. The Morgan fingerprint density at radius 3 is 1.28 bits per heavy atom. The molecule has 0 saturated carbocycles. The molecule has 8 heteroatoms.